The largest absolute Gasteiger partial charge is 0.481 e. The molecule has 2 atom stereocenters. The molecule has 2 rings (SSSR count). The van der Waals surface area contributed by atoms with E-state index in [0.717, 1.165) is 18.4 Å². The fourth-order valence-electron chi connectivity index (χ4n) is 2.79. The van der Waals surface area contributed by atoms with Gasteiger partial charge in [-0.15, -0.1) is 0 Å². The van der Waals surface area contributed by atoms with Gasteiger partial charge < -0.3 is 10.4 Å². The Morgan fingerprint density at radius 1 is 1.25 bits per heavy atom. The highest BCUT2D eigenvalue weighted by atomic mass is 16.4. The number of carbonyl (C=O) groups excluding carboxylic acids is 1. The Morgan fingerprint density at radius 3 is 2.65 bits per heavy atom. The van der Waals surface area contributed by atoms with E-state index in [1.54, 1.807) is 0 Å². The Hall–Kier alpha value is -1.84. The Balaban J connectivity index is 1.95. The fraction of sp³-hybridized carbons (Fsp3) is 0.500. The van der Waals surface area contributed by atoms with Crippen LogP contribution in [0, 0.1) is 19.8 Å². The van der Waals surface area contributed by atoms with Gasteiger partial charge in [0.1, 0.15) is 0 Å². The second-order valence-corrected chi connectivity index (χ2v) is 5.65. The summed E-state index contributed by atoms with van der Waals surface area (Å²) in [5, 5.41) is 12.0. The number of amides is 1. The molecule has 2 unspecified atom stereocenters. The molecule has 1 aromatic carbocycles. The quantitative estimate of drug-likeness (QED) is 0.885. The van der Waals surface area contributed by atoms with Gasteiger partial charge >= 0.3 is 5.97 Å². The van der Waals surface area contributed by atoms with Crippen molar-refractivity contribution >= 4 is 11.9 Å². The van der Waals surface area contributed by atoms with Crippen molar-refractivity contribution in [3.8, 4) is 0 Å². The maximum atomic E-state index is 12.0. The van der Waals surface area contributed by atoms with Crippen LogP contribution in [0.1, 0.15) is 36.0 Å². The molecule has 0 aromatic heterocycles. The van der Waals surface area contributed by atoms with Crippen LogP contribution < -0.4 is 5.32 Å². The molecule has 1 aromatic rings. The summed E-state index contributed by atoms with van der Waals surface area (Å²) < 4.78 is 0. The van der Waals surface area contributed by atoms with Crippen molar-refractivity contribution < 1.29 is 14.7 Å². The van der Waals surface area contributed by atoms with E-state index >= 15 is 0 Å². The van der Waals surface area contributed by atoms with Crippen LogP contribution >= 0.6 is 0 Å². The predicted octanol–water partition coefficient (Wildman–Crippen LogP) is 2.22. The van der Waals surface area contributed by atoms with E-state index in [9.17, 15) is 9.59 Å². The lowest BCUT2D eigenvalue weighted by Gasteiger charge is -2.17. The summed E-state index contributed by atoms with van der Waals surface area (Å²) in [4.78, 5) is 23.1. The van der Waals surface area contributed by atoms with Crippen LogP contribution in [0.5, 0.6) is 0 Å². The summed E-state index contributed by atoms with van der Waals surface area (Å²) in [6.07, 6.45) is 2.59. The third kappa shape index (κ3) is 3.38. The lowest BCUT2D eigenvalue weighted by Crippen LogP contribution is -2.40. The number of benzene rings is 1. The van der Waals surface area contributed by atoms with E-state index in [0.29, 0.717) is 12.8 Å². The average molecular weight is 275 g/mol. The normalized spacial score (nSPS) is 21.7. The molecule has 0 radical (unpaired) electrons. The molecule has 0 aliphatic heterocycles. The van der Waals surface area contributed by atoms with E-state index in [1.165, 1.54) is 11.1 Å². The second kappa shape index (κ2) is 6.07. The molecule has 0 heterocycles. The minimum atomic E-state index is -0.806. The third-order valence-corrected chi connectivity index (χ3v) is 4.12. The van der Waals surface area contributed by atoms with Crippen molar-refractivity contribution in [2.45, 2.75) is 45.6 Å². The average Bonchev–Trinajstić information content (AvgIpc) is 2.82. The van der Waals surface area contributed by atoms with Gasteiger partial charge in [0.15, 0.2) is 0 Å². The molecule has 0 spiro atoms. The fourth-order valence-corrected chi connectivity index (χ4v) is 2.79. The molecule has 1 fully saturated rings. The highest BCUT2D eigenvalue weighted by Crippen LogP contribution is 2.25. The van der Waals surface area contributed by atoms with E-state index < -0.39 is 11.9 Å². The maximum absolute atomic E-state index is 12.0. The van der Waals surface area contributed by atoms with E-state index in [4.69, 9.17) is 5.11 Å². The number of hydrogen-bond acceptors (Lipinski definition) is 2. The lowest BCUT2D eigenvalue weighted by atomic mass is 10.0. The lowest BCUT2D eigenvalue weighted by molar-refractivity contribution is -0.142. The summed E-state index contributed by atoms with van der Waals surface area (Å²) >= 11 is 0. The number of aryl methyl sites for hydroxylation is 2. The molecule has 0 bridgehead atoms. The molecule has 1 aliphatic carbocycles. The molecule has 4 nitrogen and oxygen atoms in total. The molecule has 2 N–H and O–H groups in total. The van der Waals surface area contributed by atoms with Crippen molar-refractivity contribution in [2.75, 3.05) is 0 Å². The van der Waals surface area contributed by atoms with Crippen LogP contribution in [0.25, 0.3) is 0 Å². The number of carboxylic acids is 1. The summed E-state index contributed by atoms with van der Waals surface area (Å²) in [5.74, 6) is -1.33. The first-order chi connectivity index (χ1) is 9.47. The number of nitrogens with one attached hydrogen (secondary N) is 1. The molecule has 1 aliphatic rings. The number of rotatable bonds is 4. The van der Waals surface area contributed by atoms with Crippen molar-refractivity contribution in [2.24, 2.45) is 5.92 Å². The van der Waals surface area contributed by atoms with Crippen molar-refractivity contribution in [3.63, 3.8) is 0 Å². The van der Waals surface area contributed by atoms with E-state index in [2.05, 4.69) is 5.32 Å². The Morgan fingerprint density at radius 2 is 2.00 bits per heavy atom. The van der Waals surface area contributed by atoms with Crippen LogP contribution in [0.2, 0.25) is 0 Å². The Bertz CT molecular complexity index is 524. The maximum Gasteiger partial charge on any atom is 0.308 e. The molecule has 1 amide bonds. The Labute approximate surface area is 119 Å². The molecular weight excluding hydrogens is 254 g/mol. The number of carbonyl (C=O) groups is 2. The first-order valence-corrected chi connectivity index (χ1v) is 7.05. The highest BCUT2D eigenvalue weighted by molar-refractivity contribution is 5.80. The van der Waals surface area contributed by atoms with Crippen LogP contribution in [-0.2, 0) is 16.0 Å². The van der Waals surface area contributed by atoms with Crippen LogP contribution in [0.3, 0.4) is 0 Å². The first kappa shape index (κ1) is 14.6. The van der Waals surface area contributed by atoms with E-state index in [1.807, 2.05) is 32.0 Å². The summed E-state index contributed by atoms with van der Waals surface area (Å²) in [6, 6.07) is 5.75. The topological polar surface area (TPSA) is 66.4 Å². The molecule has 108 valence electrons. The number of hydrogen-bond donors (Lipinski definition) is 2. The zero-order valence-corrected chi connectivity index (χ0v) is 12.0. The Kier molecular flexibility index (Phi) is 4.42. The molecule has 20 heavy (non-hydrogen) atoms. The SMILES string of the molecule is Cc1ccc(CC(=O)NC2CCCC2C(=O)O)cc1C. The second-order valence-electron chi connectivity index (χ2n) is 5.65. The summed E-state index contributed by atoms with van der Waals surface area (Å²) in [7, 11) is 0. The minimum Gasteiger partial charge on any atom is -0.481 e. The van der Waals surface area contributed by atoms with E-state index in [-0.39, 0.29) is 11.9 Å². The number of carboxylic acid groups (broad SMARTS) is 1. The molecule has 0 saturated heterocycles. The molecule has 1 saturated carbocycles. The van der Waals surface area contributed by atoms with Crippen molar-refractivity contribution in [1.29, 1.82) is 0 Å². The number of aliphatic carboxylic acids is 1. The predicted molar refractivity (Wildman–Crippen MR) is 76.5 cm³/mol. The van der Waals surface area contributed by atoms with Gasteiger partial charge in [-0.2, -0.15) is 0 Å². The van der Waals surface area contributed by atoms with Gasteiger partial charge in [-0.1, -0.05) is 24.6 Å². The van der Waals surface area contributed by atoms with Gasteiger partial charge in [0.05, 0.1) is 12.3 Å². The van der Waals surface area contributed by atoms with Gasteiger partial charge in [0, 0.05) is 6.04 Å². The highest BCUT2D eigenvalue weighted by Gasteiger charge is 2.33. The van der Waals surface area contributed by atoms with Crippen LogP contribution in [-0.4, -0.2) is 23.0 Å². The van der Waals surface area contributed by atoms with Gasteiger partial charge in [0.2, 0.25) is 5.91 Å². The van der Waals surface area contributed by atoms with Crippen molar-refractivity contribution in [1.82, 2.24) is 5.32 Å². The zero-order valence-electron chi connectivity index (χ0n) is 12.0. The standard InChI is InChI=1S/C16H21NO3/c1-10-6-7-12(8-11(10)2)9-15(18)17-14-5-3-4-13(14)16(19)20/h6-8,13-14H,3-5,9H2,1-2H3,(H,17,18)(H,19,20). The van der Waals surface area contributed by atoms with Gasteiger partial charge in [-0.3, -0.25) is 9.59 Å². The van der Waals surface area contributed by atoms with Crippen LogP contribution in [0.4, 0.5) is 0 Å². The third-order valence-electron chi connectivity index (χ3n) is 4.12. The monoisotopic (exact) mass is 275 g/mol. The smallest absolute Gasteiger partial charge is 0.308 e. The summed E-state index contributed by atoms with van der Waals surface area (Å²) in [5.41, 5.74) is 3.34. The molecule has 4 heteroatoms. The summed E-state index contributed by atoms with van der Waals surface area (Å²) in [6.45, 7) is 4.06. The van der Waals surface area contributed by atoms with Crippen molar-refractivity contribution in [3.05, 3.63) is 34.9 Å². The van der Waals surface area contributed by atoms with Gasteiger partial charge in [-0.25, -0.2) is 0 Å². The van der Waals surface area contributed by atoms with Gasteiger partial charge in [-0.05, 0) is 43.4 Å². The minimum absolute atomic E-state index is 0.0913. The molecular formula is C16H21NO3. The zero-order chi connectivity index (χ0) is 14.7. The first-order valence-electron chi connectivity index (χ1n) is 7.05. The van der Waals surface area contributed by atoms with Gasteiger partial charge in [0.25, 0.3) is 0 Å². The van der Waals surface area contributed by atoms with Crippen LogP contribution in [0.15, 0.2) is 18.2 Å².